The first-order chi connectivity index (χ1) is 12.5. The number of aliphatic hydroxyl groups is 2. The minimum atomic E-state index is -1.23. The van der Waals surface area contributed by atoms with E-state index < -0.39 is 30.0 Å². The predicted octanol–water partition coefficient (Wildman–Crippen LogP) is 1.16. The maximum atomic E-state index is 10.5. The van der Waals surface area contributed by atoms with Crippen molar-refractivity contribution in [2.75, 3.05) is 6.61 Å². The summed E-state index contributed by atoms with van der Waals surface area (Å²) in [6.45, 7) is 1.39. The molecule has 0 saturated heterocycles. The van der Waals surface area contributed by atoms with Gasteiger partial charge < -0.3 is 30.6 Å². The molecule has 1 atom stereocenters. The lowest BCUT2D eigenvalue weighted by molar-refractivity contribution is -0.139. The van der Waals surface area contributed by atoms with Crippen LogP contribution in [-0.4, -0.2) is 67.2 Å². The van der Waals surface area contributed by atoms with Crippen LogP contribution in [0.5, 0.6) is 0 Å². The SMILES string of the molecule is CC(O)CO.O=C(O)CCCCC(=O)O.O=C(O)c1ccccc1C(=O)O. The fourth-order valence-corrected chi connectivity index (χ4v) is 1.41. The molecule has 0 heterocycles. The number of benzene rings is 1. The molecule has 10 nitrogen and oxygen atoms in total. The van der Waals surface area contributed by atoms with Gasteiger partial charge in [0.1, 0.15) is 0 Å². The minimum absolute atomic E-state index is 0.0628. The number of hydrogen-bond acceptors (Lipinski definition) is 6. The van der Waals surface area contributed by atoms with Crippen molar-refractivity contribution in [1.82, 2.24) is 0 Å². The second kappa shape index (κ2) is 15.3. The Labute approximate surface area is 155 Å². The highest BCUT2D eigenvalue weighted by Gasteiger charge is 2.13. The summed E-state index contributed by atoms with van der Waals surface area (Å²) in [5.41, 5.74) is -0.380. The van der Waals surface area contributed by atoms with Crippen molar-refractivity contribution in [3.05, 3.63) is 35.4 Å². The van der Waals surface area contributed by atoms with Crippen LogP contribution in [0, 0.1) is 0 Å². The molecule has 0 aliphatic rings. The van der Waals surface area contributed by atoms with E-state index >= 15 is 0 Å². The third-order valence-electron chi connectivity index (χ3n) is 2.68. The summed E-state index contributed by atoms with van der Waals surface area (Å²) in [5, 5.41) is 49.4. The highest BCUT2D eigenvalue weighted by molar-refractivity contribution is 6.01. The molecule has 6 N–H and O–H groups in total. The van der Waals surface area contributed by atoms with Crippen LogP contribution in [0.4, 0.5) is 0 Å². The van der Waals surface area contributed by atoms with Crippen molar-refractivity contribution < 1.29 is 49.8 Å². The second-order valence-corrected chi connectivity index (χ2v) is 5.18. The Morgan fingerprint density at radius 2 is 1.11 bits per heavy atom. The lowest BCUT2D eigenvalue weighted by Gasteiger charge is -1.98. The van der Waals surface area contributed by atoms with Crippen LogP contribution < -0.4 is 0 Å². The molecule has 0 spiro atoms. The lowest BCUT2D eigenvalue weighted by Crippen LogP contribution is -2.06. The van der Waals surface area contributed by atoms with Crippen LogP contribution in [0.3, 0.4) is 0 Å². The summed E-state index contributed by atoms with van der Waals surface area (Å²) in [6.07, 6.45) is 0.457. The number of aromatic carboxylic acids is 2. The molecule has 0 fully saturated rings. The van der Waals surface area contributed by atoms with E-state index in [9.17, 15) is 19.2 Å². The van der Waals surface area contributed by atoms with Gasteiger partial charge in [0, 0.05) is 12.8 Å². The molecule has 0 aliphatic carbocycles. The molecule has 1 rings (SSSR count). The van der Waals surface area contributed by atoms with E-state index in [1.165, 1.54) is 31.2 Å². The fourth-order valence-electron chi connectivity index (χ4n) is 1.41. The quantitative estimate of drug-likeness (QED) is 0.352. The van der Waals surface area contributed by atoms with Gasteiger partial charge in [0.15, 0.2) is 0 Å². The number of aliphatic hydroxyl groups excluding tert-OH is 2. The van der Waals surface area contributed by atoms with Gasteiger partial charge in [-0.25, -0.2) is 9.59 Å². The average molecular weight is 388 g/mol. The number of carboxylic acids is 4. The van der Waals surface area contributed by atoms with E-state index in [1.54, 1.807) is 0 Å². The number of aliphatic carboxylic acids is 2. The van der Waals surface area contributed by atoms with Crippen molar-refractivity contribution in [3.63, 3.8) is 0 Å². The molecular weight excluding hydrogens is 364 g/mol. The van der Waals surface area contributed by atoms with Crippen molar-refractivity contribution in [2.45, 2.75) is 38.7 Å². The molecular formula is C17H24O10. The first-order valence-corrected chi connectivity index (χ1v) is 7.81. The summed E-state index contributed by atoms with van der Waals surface area (Å²) in [4.78, 5) is 40.7. The Morgan fingerprint density at radius 1 is 0.815 bits per heavy atom. The molecule has 10 heteroatoms. The largest absolute Gasteiger partial charge is 0.481 e. The zero-order chi connectivity index (χ0) is 21.4. The Bertz CT molecular complexity index is 560. The number of carboxylic acid groups (broad SMARTS) is 4. The molecule has 27 heavy (non-hydrogen) atoms. The smallest absolute Gasteiger partial charge is 0.336 e. The highest BCUT2D eigenvalue weighted by Crippen LogP contribution is 2.07. The number of carbonyl (C=O) groups is 4. The molecule has 0 radical (unpaired) electrons. The summed E-state index contributed by atoms with van der Waals surface area (Å²) in [6, 6.07) is 5.48. The van der Waals surface area contributed by atoms with Gasteiger partial charge in [0.05, 0.1) is 23.8 Å². The van der Waals surface area contributed by atoms with Crippen molar-refractivity contribution in [1.29, 1.82) is 0 Å². The Kier molecular flexibility index (Phi) is 14.9. The molecule has 1 aromatic rings. The van der Waals surface area contributed by atoms with E-state index in [4.69, 9.17) is 30.6 Å². The monoisotopic (exact) mass is 388 g/mol. The van der Waals surface area contributed by atoms with Crippen LogP contribution >= 0.6 is 0 Å². The standard InChI is InChI=1S/C8H6O4.C6H10O4.C3H8O2/c9-7(10)5-3-1-2-4-6(5)8(11)12;7-5(8)3-1-2-4-6(9)10;1-3(5)2-4/h1-4H,(H,9,10)(H,11,12);1-4H2,(H,7,8)(H,9,10);3-5H,2H2,1H3. The fraction of sp³-hybridized carbons (Fsp3) is 0.412. The molecule has 0 aromatic heterocycles. The molecule has 0 saturated carbocycles. The first kappa shape index (κ1) is 26.3. The third-order valence-corrected chi connectivity index (χ3v) is 2.68. The van der Waals surface area contributed by atoms with Gasteiger partial charge in [-0.1, -0.05) is 12.1 Å². The lowest BCUT2D eigenvalue weighted by atomic mass is 10.1. The summed E-state index contributed by atoms with van der Waals surface area (Å²) < 4.78 is 0. The van der Waals surface area contributed by atoms with E-state index in [0.29, 0.717) is 12.8 Å². The average Bonchev–Trinajstić information content (AvgIpc) is 2.59. The van der Waals surface area contributed by atoms with E-state index in [-0.39, 0.29) is 30.6 Å². The van der Waals surface area contributed by atoms with Gasteiger partial charge in [-0.3, -0.25) is 9.59 Å². The van der Waals surface area contributed by atoms with Crippen LogP contribution in [0.1, 0.15) is 53.3 Å². The molecule has 0 amide bonds. The highest BCUT2D eigenvalue weighted by atomic mass is 16.4. The minimum Gasteiger partial charge on any atom is -0.481 e. The van der Waals surface area contributed by atoms with Gasteiger partial charge >= 0.3 is 23.9 Å². The van der Waals surface area contributed by atoms with Gasteiger partial charge in [-0.2, -0.15) is 0 Å². The first-order valence-electron chi connectivity index (χ1n) is 7.81. The molecule has 152 valence electrons. The summed E-state index contributed by atoms with van der Waals surface area (Å²) >= 11 is 0. The van der Waals surface area contributed by atoms with Crippen LogP contribution in [-0.2, 0) is 9.59 Å². The van der Waals surface area contributed by atoms with Crippen molar-refractivity contribution >= 4 is 23.9 Å². The van der Waals surface area contributed by atoms with Crippen LogP contribution in [0.2, 0.25) is 0 Å². The van der Waals surface area contributed by atoms with E-state index in [2.05, 4.69) is 0 Å². The third kappa shape index (κ3) is 16.2. The zero-order valence-corrected chi connectivity index (χ0v) is 14.7. The van der Waals surface area contributed by atoms with Crippen molar-refractivity contribution in [2.24, 2.45) is 0 Å². The second-order valence-electron chi connectivity index (χ2n) is 5.18. The Hall–Kier alpha value is -2.98. The summed E-state index contributed by atoms with van der Waals surface area (Å²) in [7, 11) is 0. The summed E-state index contributed by atoms with van der Waals surface area (Å²) in [5.74, 6) is -4.20. The number of unbranched alkanes of at least 4 members (excludes halogenated alkanes) is 1. The van der Waals surface area contributed by atoms with Gasteiger partial charge in [0.25, 0.3) is 0 Å². The van der Waals surface area contributed by atoms with Crippen LogP contribution in [0.25, 0.3) is 0 Å². The number of hydrogen-bond donors (Lipinski definition) is 6. The van der Waals surface area contributed by atoms with E-state index in [1.807, 2.05) is 0 Å². The molecule has 1 unspecified atom stereocenters. The Balaban J connectivity index is 0. The van der Waals surface area contributed by atoms with Gasteiger partial charge in [0.2, 0.25) is 0 Å². The van der Waals surface area contributed by atoms with Gasteiger partial charge in [-0.05, 0) is 31.9 Å². The predicted molar refractivity (Wildman–Crippen MR) is 92.9 cm³/mol. The molecule has 0 aliphatic heterocycles. The zero-order valence-electron chi connectivity index (χ0n) is 14.7. The normalized spacial score (nSPS) is 10.3. The van der Waals surface area contributed by atoms with Crippen LogP contribution in [0.15, 0.2) is 24.3 Å². The number of rotatable bonds is 8. The van der Waals surface area contributed by atoms with E-state index in [0.717, 1.165) is 0 Å². The molecule has 1 aromatic carbocycles. The topological polar surface area (TPSA) is 190 Å². The van der Waals surface area contributed by atoms with Crippen molar-refractivity contribution in [3.8, 4) is 0 Å². The van der Waals surface area contributed by atoms with Gasteiger partial charge in [-0.15, -0.1) is 0 Å². The maximum Gasteiger partial charge on any atom is 0.336 e. The Morgan fingerprint density at radius 3 is 1.30 bits per heavy atom. The molecule has 0 bridgehead atoms. The maximum absolute atomic E-state index is 10.5.